The van der Waals surface area contributed by atoms with Crippen LogP contribution in [0.15, 0.2) is 42.5 Å². The third-order valence-corrected chi connectivity index (χ3v) is 3.59. The summed E-state index contributed by atoms with van der Waals surface area (Å²) in [6, 6.07) is 8.94. The van der Waals surface area contributed by atoms with Crippen molar-refractivity contribution >= 4 is 5.91 Å². The van der Waals surface area contributed by atoms with Crippen LogP contribution in [-0.2, 0) is 11.3 Å². The average Bonchev–Trinajstić information content (AvgIpc) is 2.57. The molecule has 0 spiro atoms. The van der Waals surface area contributed by atoms with E-state index in [4.69, 9.17) is 5.21 Å². The first-order valence-electron chi connectivity index (χ1n) is 7.32. The summed E-state index contributed by atoms with van der Waals surface area (Å²) in [5.74, 6) is -1.79. The number of carbonyl (C=O) groups excluding carboxylic acids is 1. The number of benzene rings is 2. The minimum Gasteiger partial charge on any atom is -0.391 e. The highest BCUT2D eigenvalue weighted by molar-refractivity contribution is 5.81. The van der Waals surface area contributed by atoms with Crippen molar-refractivity contribution in [3.63, 3.8) is 0 Å². The number of hydroxylamine groups is 1. The van der Waals surface area contributed by atoms with Gasteiger partial charge in [0, 0.05) is 12.1 Å². The number of hydrogen-bond donors (Lipinski definition) is 4. The van der Waals surface area contributed by atoms with Crippen LogP contribution in [0.2, 0.25) is 0 Å². The molecule has 4 N–H and O–H groups in total. The Morgan fingerprint density at radius 1 is 1.17 bits per heavy atom. The molecule has 0 saturated carbocycles. The second-order valence-corrected chi connectivity index (χ2v) is 5.40. The summed E-state index contributed by atoms with van der Waals surface area (Å²) in [5.41, 5.74) is 2.94. The van der Waals surface area contributed by atoms with Crippen molar-refractivity contribution < 1.29 is 23.9 Å². The van der Waals surface area contributed by atoms with Crippen LogP contribution in [0.25, 0.3) is 11.1 Å². The Kier molecular flexibility index (Phi) is 5.97. The predicted molar refractivity (Wildman–Crippen MR) is 84.0 cm³/mol. The van der Waals surface area contributed by atoms with Gasteiger partial charge in [0.15, 0.2) is 0 Å². The second-order valence-electron chi connectivity index (χ2n) is 5.40. The van der Waals surface area contributed by atoms with E-state index in [-0.39, 0.29) is 12.1 Å². The maximum atomic E-state index is 13.8. The van der Waals surface area contributed by atoms with E-state index in [0.717, 1.165) is 23.8 Å². The zero-order valence-corrected chi connectivity index (χ0v) is 13.0. The fourth-order valence-electron chi connectivity index (χ4n) is 2.30. The van der Waals surface area contributed by atoms with Crippen LogP contribution in [0.3, 0.4) is 0 Å². The summed E-state index contributed by atoms with van der Waals surface area (Å²) >= 11 is 0. The normalized spacial score (nSPS) is 13.4. The Bertz CT molecular complexity index is 705. The van der Waals surface area contributed by atoms with Crippen LogP contribution >= 0.6 is 0 Å². The monoisotopic (exact) mass is 336 g/mol. The van der Waals surface area contributed by atoms with E-state index in [1.54, 1.807) is 24.3 Å². The number of rotatable bonds is 6. The molecule has 2 rings (SSSR count). The summed E-state index contributed by atoms with van der Waals surface area (Å²) in [5, 5.41) is 21.0. The van der Waals surface area contributed by atoms with Crippen LogP contribution in [0, 0.1) is 11.6 Å². The first-order valence-corrected chi connectivity index (χ1v) is 7.32. The molecule has 128 valence electrons. The number of aliphatic hydroxyl groups is 1. The molecule has 24 heavy (non-hydrogen) atoms. The molecule has 0 aromatic heterocycles. The van der Waals surface area contributed by atoms with Crippen LogP contribution in [0.4, 0.5) is 8.78 Å². The second kappa shape index (κ2) is 7.96. The molecule has 5 nitrogen and oxygen atoms in total. The van der Waals surface area contributed by atoms with Crippen molar-refractivity contribution in [2.24, 2.45) is 0 Å². The molecule has 0 unspecified atom stereocenters. The number of amides is 1. The molecular weight excluding hydrogens is 318 g/mol. The van der Waals surface area contributed by atoms with Crippen molar-refractivity contribution in [1.82, 2.24) is 10.8 Å². The lowest BCUT2D eigenvalue weighted by Crippen LogP contribution is -2.49. The third kappa shape index (κ3) is 4.35. The fourth-order valence-corrected chi connectivity index (χ4v) is 2.30. The van der Waals surface area contributed by atoms with Gasteiger partial charge in [0.05, 0.1) is 6.10 Å². The number of carbonyl (C=O) groups is 1. The molecule has 0 fully saturated rings. The summed E-state index contributed by atoms with van der Waals surface area (Å²) < 4.78 is 27.0. The molecule has 0 aliphatic heterocycles. The Morgan fingerprint density at radius 2 is 1.83 bits per heavy atom. The number of aliphatic hydroxyl groups excluding tert-OH is 1. The Labute approximate surface area is 137 Å². The van der Waals surface area contributed by atoms with Gasteiger partial charge in [-0.2, -0.15) is 0 Å². The zero-order chi connectivity index (χ0) is 17.7. The van der Waals surface area contributed by atoms with E-state index >= 15 is 0 Å². The minimum atomic E-state index is -1.00. The lowest BCUT2D eigenvalue weighted by atomic mass is 10.0. The minimum absolute atomic E-state index is 0.163. The largest absolute Gasteiger partial charge is 0.391 e. The van der Waals surface area contributed by atoms with Crippen LogP contribution in [0.1, 0.15) is 12.5 Å². The quantitative estimate of drug-likeness (QED) is 0.480. The summed E-state index contributed by atoms with van der Waals surface area (Å²) in [6.45, 7) is 1.66. The van der Waals surface area contributed by atoms with Gasteiger partial charge in [0.1, 0.15) is 17.7 Å². The summed E-state index contributed by atoms with van der Waals surface area (Å²) in [7, 11) is 0. The number of halogens is 2. The van der Waals surface area contributed by atoms with Gasteiger partial charge in [-0.1, -0.05) is 24.3 Å². The standard InChI is InChI=1S/C17H18F2N2O3/c1-10(22)16(17(23)21-24)20-9-11-2-4-12(5-3-11)14-8-13(18)6-7-15(14)19/h2-8,10,16,20,22,24H,9H2,1H3,(H,21,23)/t10-,16+/m1/s1. The molecule has 0 aliphatic carbocycles. The van der Waals surface area contributed by atoms with Crippen LogP contribution in [0.5, 0.6) is 0 Å². The highest BCUT2D eigenvalue weighted by atomic mass is 19.1. The molecule has 0 heterocycles. The van der Waals surface area contributed by atoms with Gasteiger partial charge in [-0.3, -0.25) is 15.3 Å². The van der Waals surface area contributed by atoms with E-state index in [0.29, 0.717) is 5.56 Å². The molecule has 1 amide bonds. The Morgan fingerprint density at radius 3 is 2.42 bits per heavy atom. The van der Waals surface area contributed by atoms with Crippen LogP contribution < -0.4 is 10.8 Å². The molecule has 0 aliphatic rings. The van der Waals surface area contributed by atoms with Crippen molar-refractivity contribution in [3.8, 4) is 11.1 Å². The molecule has 0 bridgehead atoms. The van der Waals surface area contributed by atoms with E-state index < -0.39 is 29.7 Å². The highest BCUT2D eigenvalue weighted by Crippen LogP contribution is 2.24. The topological polar surface area (TPSA) is 81.6 Å². The van der Waals surface area contributed by atoms with E-state index in [1.165, 1.54) is 12.4 Å². The predicted octanol–water partition coefficient (Wildman–Crippen LogP) is 1.98. The van der Waals surface area contributed by atoms with Crippen molar-refractivity contribution in [2.75, 3.05) is 0 Å². The zero-order valence-electron chi connectivity index (χ0n) is 13.0. The van der Waals surface area contributed by atoms with Crippen molar-refractivity contribution in [1.29, 1.82) is 0 Å². The van der Waals surface area contributed by atoms with E-state index in [2.05, 4.69) is 5.32 Å². The van der Waals surface area contributed by atoms with E-state index in [9.17, 15) is 18.7 Å². The summed E-state index contributed by atoms with van der Waals surface area (Å²) in [6.07, 6.45) is -1.00. The van der Waals surface area contributed by atoms with Gasteiger partial charge in [-0.15, -0.1) is 0 Å². The van der Waals surface area contributed by atoms with Gasteiger partial charge in [-0.05, 0) is 36.2 Å². The first-order chi connectivity index (χ1) is 11.4. The summed E-state index contributed by atoms with van der Waals surface area (Å²) in [4.78, 5) is 11.4. The van der Waals surface area contributed by atoms with Crippen molar-refractivity contribution in [2.45, 2.75) is 25.6 Å². The molecule has 2 aromatic carbocycles. The molecular formula is C17H18F2N2O3. The Hall–Kier alpha value is -2.35. The molecule has 2 atom stereocenters. The fraction of sp³-hybridized carbons (Fsp3) is 0.235. The smallest absolute Gasteiger partial charge is 0.263 e. The molecule has 7 heteroatoms. The van der Waals surface area contributed by atoms with Gasteiger partial charge in [0.2, 0.25) is 0 Å². The van der Waals surface area contributed by atoms with Gasteiger partial charge < -0.3 is 5.11 Å². The maximum absolute atomic E-state index is 13.8. The van der Waals surface area contributed by atoms with Crippen molar-refractivity contribution in [3.05, 3.63) is 59.7 Å². The Balaban J connectivity index is 2.09. The highest BCUT2D eigenvalue weighted by Gasteiger charge is 2.22. The SMILES string of the molecule is C[C@@H](O)[C@H](NCc1ccc(-c2cc(F)ccc2F)cc1)C(=O)NO. The molecule has 0 radical (unpaired) electrons. The number of hydrogen-bond acceptors (Lipinski definition) is 4. The molecule has 2 aromatic rings. The lowest BCUT2D eigenvalue weighted by Gasteiger charge is -2.19. The number of nitrogens with one attached hydrogen (secondary N) is 2. The van der Waals surface area contributed by atoms with Crippen LogP contribution in [-0.4, -0.2) is 28.4 Å². The van der Waals surface area contributed by atoms with Gasteiger partial charge >= 0.3 is 0 Å². The molecule has 0 saturated heterocycles. The van der Waals surface area contributed by atoms with E-state index in [1.807, 2.05) is 0 Å². The van der Waals surface area contributed by atoms with Gasteiger partial charge in [-0.25, -0.2) is 14.3 Å². The van der Waals surface area contributed by atoms with Gasteiger partial charge in [0.25, 0.3) is 5.91 Å². The maximum Gasteiger partial charge on any atom is 0.263 e. The average molecular weight is 336 g/mol. The lowest BCUT2D eigenvalue weighted by molar-refractivity contribution is -0.134. The first kappa shape index (κ1) is 18.0. The third-order valence-electron chi connectivity index (χ3n) is 3.59.